The summed E-state index contributed by atoms with van der Waals surface area (Å²) >= 11 is 0. The molecule has 0 fully saturated rings. The third-order valence-corrected chi connectivity index (χ3v) is 14.8. The maximum Gasteiger partial charge on any atom is 0.306 e. The summed E-state index contributed by atoms with van der Waals surface area (Å²) in [4.78, 5) is 38.3. The minimum atomic E-state index is -0.783. The zero-order chi connectivity index (χ0) is 58.5. The van der Waals surface area contributed by atoms with E-state index in [2.05, 4.69) is 130 Å². The van der Waals surface area contributed by atoms with Crippen molar-refractivity contribution in [3.63, 3.8) is 0 Å². The minimum Gasteiger partial charge on any atom is -0.462 e. The molecule has 0 radical (unpaired) electrons. The van der Waals surface area contributed by atoms with Crippen molar-refractivity contribution in [1.82, 2.24) is 0 Å². The highest BCUT2D eigenvalue weighted by Crippen LogP contribution is 2.16. The third kappa shape index (κ3) is 66.8. The Kier molecular flexibility index (Phi) is 65.2. The number of hydrogen-bond donors (Lipinski definition) is 0. The molecule has 464 valence electrons. The third-order valence-electron chi connectivity index (χ3n) is 14.8. The van der Waals surface area contributed by atoms with Gasteiger partial charge in [-0.2, -0.15) is 0 Å². The average Bonchev–Trinajstić information content (AvgIpc) is 3.46. The quantitative estimate of drug-likeness (QED) is 0.0261. The van der Waals surface area contributed by atoms with E-state index >= 15 is 0 Å². The standard InChI is InChI=1S/C75H128O6/c1-4-7-10-13-16-19-22-25-27-28-29-30-31-32-33-34-35-36-37-38-39-40-41-42-43-44-45-46-48-50-53-56-59-62-65-68-74(77)80-71-72(70-79-73(76)67-64-61-58-55-52-49-24-21-18-15-12-9-6-3)81-75(78)69-66-63-60-57-54-51-47-26-23-20-17-14-11-8-5-2/h7,10,16,19,25-27,29-30,32-33,35-36,38-39,41-42,47,72H,4-6,8-9,11-15,17-18,20-24,28,31,34,37,40,43-46,48-71H2,1-3H3/b10-7-,19-16-,27-25-,30-29-,33-32-,36-35-,39-38-,42-41-,47-26-. The highest BCUT2D eigenvalue weighted by Gasteiger charge is 2.19. The zero-order valence-corrected chi connectivity index (χ0v) is 53.3. The molecule has 0 saturated heterocycles. The van der Waals surface area contributed by atoms with E-state index < -0.39 is 6.10 Å². The van der Waals surface area contributed by atoms with Gasteiger partial charge in [0.1, 0.15) is 13.2 Å². The summed E-state index contributed by atoms with van der Waals surface area (Å²) in [6, 6.07) is 0. The highest BCUT2D eigenvalue weighted by molar-refractivity contribution is 5.71. The van der Waals surface area contributed by atoms with E-state index in [4.69, 9.17) is 14.2 Å². The second-order valence-corrected chi connectivity index (χ2v) is 22.7. The van der Waals surface area contributed by atoms with Gasteiger partial charge >= 0.3 is 17.9 Å². The Morgan fingerprint density at radius 1 is 0.259 bits per heavy atom. The van der Waals surface area contributed by atoms with Gasteiger partial charge in [-0.25, -0.2) is 0 Å². The van der Waals surface area contributed by atoms with E-state index in [-0.39, 0.29) is 31.1 Å². The number of hydrogen-bond acceptors (Lipinski definition) is 6. The Morgan fingerprint density at radius 3 is 0.765 bits per heavy atom. The van der Waals surface area contributed by atoms with Gasteiger partial charge in [-0.3, -0.25) is 14.4 Å². The first-order chi connectivity index (χ1) is 40.0. The van der Waals surface area contributed by atoms with E-state index in [0.717, 1.165) is 122 Å². The lowest BCUT2D eigenvalue weighted by Crippen LogP contribution is -2.30. The molecule has 0 bridgehead atoms. The second kappa shape index (κ2) is 68.6. The van der Waals surface area contributed by atoms with Crippen LogP contribution in [-0.2, 0) is 28.6 Å². The number of rotatable bonds is 62. The number of allylic oxidation sites excluding steroid dienone is 18. The summed E-state index contributed by atoms with van der Waals surface area (Å²) in [5.74, 6) is -0.879. The molecule has 0 aliphatic heterocycles. The Bertz CT molecular complexity index is 1620. The van der Waals surface area contributed by atoms with Gasteiger partial charge in [-0.05, 0) is 109 Å². The van der Waals surface area contributed by atoms with Crippen molar-refractivity contribution in [3.8, 4) is 0 Å². The minimum absolute atomic E-state index is 0.0785. The summed E-state index contributed by atoms with van der Waals surface area (Å²) in [6.07, 6.45) is 93.9. The molecular weight excluding hydrogens is 997 g/mol. The van der Waals surface area contributed by atoms with Crippen molar-refractivity contribution in [1.29, 1.82) is 0 Å². The summed E-state index contributed by atoms with van der Waals surface area (Å²) in [5.41, 5.74) is 0. The number of ether oxygens (including phenoxy) is 3. The van der Waals surface area contributed by atoms with Crippen molar-refractivity contribution in [2.24, 2.45) is 0 Å². The van der Waals surface area contributed by atoms with E-state index in [9.17, 15) is 14.4 Å². The van der Waals surface area contributed by atoms with E-state index in [1.165, 1.54) is 167 Å². The van der Waals surface area contributed by atoms with Crippen LogP contribution in [0.15, 0.2) is 109 Å². The Morgan fingerprint density at radius 2 is 0.481 bits per heavy atom. The van der Waals surface area contributed by atoms with Crippen LogP contribution in [0.2, 0.25) is 0 Å². The zero-order valence-electron chi connectivity index (χ0n) is 53.3. The second-order valence-electron chi connectivity index (χ2n) is 22.7. The fourth-order valence-electron chi connectivity index (χ4n) is 9.63. The van der Waals surface area contributed by atoms with Crippen LogP contribution in [0.4, 0.5) is 0 Å². The molecule has 1 unspecified atom stereocenters. The first kappa shape index (κ1) is 77.1. The van der Waals surface area contributed by atoms with Crippen molar-refractivity contribution in [2.45, 2.75) is 335 Å². The van der Waals surface area contributed by atoms with Crippen molar-refractivity contribution in [3.05, 3.63) is 109 Å². The summed E-state index contributed by atoms with van der Waals surface area (Å²) in [6.45, 7) is 6.54. The fraction of sp³-hybridized carbons (Fsp3) is 0.720. The summed E-state index contributed by atoms with van der Waals surface area (Å²) in [5, 5.41) is 0. The lowest BCUT2D eigenvalue weighted by Gasteiger charge is -2.18. The predicted octanol–water partition coefficient (Wildman–Crippen LogP) is 23.8. The van der Waals surface area contributed by atoms with Crippen LogP contribution in [0.3, 0.4) is 0 Å². The molecule has 0 rings (SSSR count). The van der Waals surface area contributed by atoms with Crippen LogP contribution in [-0.4, -0.2) is 37.2 Å². The first-order valence-corrected chi connectivity index (χ1v) is 34.4. The summed E-state index contributed by atoms with van der Waals surface area (Å²) in [7, 11) is 0. The molecule has 0 aromatic heterocycles. The molecule has 6 nitrogen and oxygen atoms in total. The topological polar surface area (TPSA) is 78.9 Å². The van der Waals surface area contributed by atoms with Crippen LogP contribution in [0.25, 0.3) is 0 Å². The first-order valence-electron chi connectivity index (χ1n) is 34.4. The molecule has 0 N–H and O–H groups in total. The monoisotopic (exact) mass is 1120 g/mol. The smallest absolute Gasteiger partial charge is 0.306 e. The number of carbonyl (C=O) groups excluding carboxylic acids is 3. The Labute approximate surface area is 501 Å². The van der Waals surface area contributed by atoms with Crippen LogP contribution >= 0.6 is 0 Å². The molecule has 0 aliphatic carbocycles. The molecule has 0 aromatic rings. The highest BCUT2D eigenvalue weighted by atomic mass is 16.6. The molecular formula is C75H128O6. The average molecular weight is 1130 g/mol. The van der Waals surface area contributed by atoms with E-state index in [1.807, 2.05) is 0 Å². The Balaban J connectivity index is 4.21. The normalized spacial score (nSPS) is 12.8. The molecule has 0 spiro atoms. The van der Waals surface area contributed by atoms with Crippen LogP contribution < -0.4 is 0 Å². The van der Waals surface area contributed by atoms with Crippen LogP contribution in [0, 0.1) is 0 Å². The largest absolute Gasteiger partial charge is 0.462 e. The maximum absolute atomic E-state index is 12.9. The van der Waals surface area contributed by atoms with Gasteiger partial charge in [0.2, 0.25) is 0 Å². The molecule has 0 heterocycles. The SMILES string of the molecule is CC/C=C\C/C=C\C/C=C\C/C=C\C/C=C\C/C=C\C/C=C\C/C=C\CCCCCCCCCCCCC(=O)OCC(COC(=O)CCCCCCCCCCCCCCC)OC(=O)CCCCCCC/C=C\CCCCCCCC. The molecule has 0 saturated carbocycles. The molecule has 6 heteroatoms. The van der Waals surface area contributed by atoms with Gasteiger partial charge in [0.25, 0.3) is 0 Å². The van der Waals surface area contributed by atoms with Gasteiger partial charge in [0, 0.05) is 19.3 Å². The van der Waals surface area contributed by atoms with Gasteiger partial charge < -0.3 is 14.2 Å². The Hall–Kier alpha value is -3.93. The lowest BCUT2D eigenvalue weighted by molar-refractivity contribution is -0.167. The number of unbranched alkanes of at least 4 members (excludes halogenated alkanes) is 33. The molecule has 1 atom stereocenters. The van der Waals surface area contributed by atoms with Crippen molar-refractivity contribution < 1.29 is 28.6 Å². The van der Waals surface area contributed by atoms with Crippen molar-refractivity contribution in [2.75, 3.05) is 13.2 Å². The number of carbonyl (C=O) groups is 3. The van der Waals surface area contributed by atoms with Gasteiger partial charge in [-0.15, -0.1) is 0 Å². The number of esters is 3. The van der Waals surface area contributed by atoms with Gasteiger partial charge in [0.05, 0.1) is 0 Å². The van der Waals surface area contributed by atoms with E-state index in [1.54, 1.807) is 0 Å². The summed E-state index contributed by atoms with van der Waals surface area (Å²) < 4.78 is 16.9. The molecule has 0 aromatic carbocycles. The lowest BCUT2D eigenvalue weighted by atomic mass is 10.0. The van der Waals surface area contributed by atoms with Crippen LogP contribution in [0.1, 0.15) is 329 Å². The van der Waals surface area contributed by atoms with Crippen LogP contribution in [0.5, 0.6) is 0 Å². The van der Waals surface area contributed by atoms with Crippen molar-refractivity contribution >= 4 is 17.9 Å². The maximum atomic E-state index is 12.9. The van der Waals surface area contributed by atoms with E-state index in [0.29, 0.717) is 19.3 Å². The van der Waals surface area contributed by atoms with Gasteiger partial charge in [-0.1, -0.05) is 310 Å². The molecule has 0 aliphatic rings. The fourth-order valence-corrected chi connectivity index (χ4v) is 9.63. The van der Waals surface area contributed by atoms with Gasteiger partial charge in [0.15, 0.2) is 6.10 Å². The molecule has 0 amide bonds. The predicted molar refractivity (Wildman–Crippen MR) is 353 cm³/mol. The molecule has 81 heavy (non-hydrogen) atoms.